The normalized spacial score (nSPS) is 18.0. The van der Waals surface area contributed by atoms with E-state index in [1.165, 1.54) is 5.69 Å². The van der Waals surface area contributed by atoms with Gasteiger partial charge in [-0.2, -0.15) is 0 Å². The Labute approximate surface area is 200 Å². The van der Waals surface area contributed by atoms with Crippen molar-refractivity contribution >= 4 is 17.4 Å². The van der Waals surface area contributed by atoms with Gasteiger partial charge in [0.2, 0.25) is 5.95 Å². The Morgan fingerprint density at radius 3 is 2.32 bits per heavy atom. The molecule has 0 unspecified atom stereocenters. The predicted molar refractivity (Wildman–Crippen MR) is 133 cm³/mol. The van der Waals surface area contributed by atoms with E-state index in [1.807, 2.05) is 31.2 Å². The number of aryl methyl sites for hydroxylation is 1. The maximum Gasteiger partial charge on any atom is 0.225 e. The number of aromatic nitrogens is 2. The number of para-hydroxylation sites is 1. The number of carbonyl (C=O) groups is 1. The van der Waals surface area contributed by atoms with Crippen molar-refractivity contribution in [3.05, 3.63) is 71.0 Å². The van der Waals surface area contributed by atoms with Gasteiger partial charge < -0.3 is 19.3 Å². The van der Waals surface area contributed by atoms with Crippen LogP contribution in [0.5, 0.6) is 11.5 Å². The Hall–Kier alpha value is -3.61. The van der Waals surface area contributed by atoms with Crippen LogP contribution in [-0.2, 0) is 6.42 Å². The molecule has 1 aliphatic heterocycles. The SMILES string of the molecule is COc1ccc([C@@H]2CC(=O)c3c(C)nc(N4CCN(c5ccccc5)CC4)nc3C2)c(OC)c1. The number of hydrogen-bond acceptors (Lipinski definition) is 7. The van der Waals surface area contributed by atoms with Crippen molar-refractivity contribution in [1.29, 1.82) is 0 Å². The number of fused-ring (bicyclic) bond motifs is 1. The van der Waals surface area contributed by atoms with Crippen molar-refractivity contribution in [1.82, 2.24) is 9.97 Å². The first kappa shape index (κ1) is 22.2. The molecule has 176 valence electrons. The molecule has 0 saturated carbocycles. The molecule has 2 aromatic carbocycles. The molecule has 7 heteroatoms. The molecule has 1 fully saturated rings. The number of rotatable bonds is 5. The van der Waals surface area contributed by atoms with Crippen LogP contribution in [-0.4, -0.2) is 56.1 Å². The zero-order valence-electron chi connectivity index (χ0n) is 20.0. The zero-order chi connectivity index (χ0) is 23.7. The van der Waals surface area contributed by atoms with Gasteiger partial charge in [0.05, 0.1) is 31.2 Å². The van der Waals surface area contributed by atoms with Crippen LogP contribution in [0.1, 0.15) is 39.6 Å². The second-order valence-corrected chi connectivity index (χ2v) is 8.88. The van der Waals surface area contributed by atoms with Crippen molar-refractivity contribution in [3.63, 3.8) is 0 Å². The van der Waals surface area contributed by atoms with Crippen LogP contribution < -0.4 is 19.3 Å². The summed E-state index contributed by atoms with van der Waals surface area (Å²) in [6.45, 7) is 5.44. The standard InChI is InChI=1S/C27H30N4O3/c1-18-26-23(15-19(16-24(26)32)22-10-9-21(33-2)17-25(22)34-3)29-27(28-18)31-13-11-30(12-14-31)20-7-5-4-6-8-20/h4-10,17,19H,11-16H2,1-3H3/t19-/m0/s1. The van der Waals surface area contributed by atoms with Crippen molar-refractivity contribution in [2.45, 2.75) is 25.7 Å². The molecule has 3 aromatic rings. The number of methoxy groups -OCH3 is 2. The molecule has 0 radical (unpaired) electrons. The number of hydrogen-bond donors (Lipinski definition) is 0. The summed E-state index contributed by atoms with van der Waals surface area (Å²) in [6, 6.07) is 16.3. The summed E-state index contributed by atoms with van der Waals surface area (Å²) in [6.07, 6.45) is 1.11. The summed E-state index contributed by atoms with van der Waals surface area (Å²) in [7, 11) is 3.28. The van der Waals surface area contributed by atoms with Gasteiger partial charge in [-0.25, -0.2) is 9.97 Å². The highest BCUT2D eigenvalue weighted by Crippen LogP contribution is 2.39. The van der Waals surface area contributed by atoms with E-state index in [0.717, 1.165) is 60.6 Å². The summed E-state index contributed by atoms with van der Waals surface area (Å²) in [5.74, 6) is 2.31. The van der Waals surface area contributed by atoms with Gasteiger partial charge in [0.1, 0.15) is 11.5 Å². The van der Waals surface area contributed by atoms with Gasteiger partial charge >= 0.3 is 0 Å². The fourth-order valence-electron chi connectivity index (χ4n) is 5.08. The van der Waals surface area contributed by atoms with E-state index in [1.54, 1.807) is 14.2 Å². The van der Waals surface area contributed by atoms with E-state index in [0.29, 0.717) is 18.4 Å². The highest BCUT2D eigenvalue weighted by atomic mass is 16.5. The molecule has 34 heavy (non-hydrogen) atoms. The fraction of sp³-hybridized carbons (Fsp3) is 0.370. The Balaban J connectivity index is 1.38. The van der Waals surface area contributed by atoms with Crippen molar-refractivity contribution < 1.29 is 14.3 Å². The molecule has 0 N–H and O–H groups in total. The zero-order valence-corrected chi connectivity index (χ0v) is 20.0. The third-order valence-corrected chi connectivity index (χ3v) is 6.87. The van der Waals surface area contributed by atoms with Crippen LogP contribution in [0.4, 0.5) is 11.6 Å². The first-order valence-electron chi connectivity index (χ1n) is 11.7. The summed E-state index contributed by atoms with van der Waals surface area (Å²) < 4.78 is 11.0. The summed E-state index contributed by atoms with van der Waals surface area (Å²) in [5.41, 5.74) is 4.56. The van der Waals surface area contributed by atoms with E-state index in [9.17, 15) is 4.79 Å². The Bertz CT molecular complexity index is 1190. The topological polar surface area (TPSA) is 67.8 Å². The van der Waals surface area contributed by atoms with Crippen LogP contribution in [0.15, 0.2) is 48.5 Å². The number of benzene rings is 2. The molecule has 5 rings (SSSR count). The molecular weight excluding hydrogens is 428 g/mol. The van der Waals surface area contributed by atoms with Gasteiger partial charge in [-0.05, 0) is 37.1 Å². The van der Waals surface area contributed by atoms with E-state index in [2.05, 4.69) is 34.1 Å². The van der Waals surface area contributed by atoms with E-state index in [4.69, 9.17) is 19.4 Å². The van der Waals surface area contributed by atoms with Crippen LogP contribution in [0.3, 0.4) is 0 Å². The second kappa shape index (κ2) is 9.33. The minimum atomic E-state index is 0.0120. The minimum Gasteiger partial charge on any atom is -0.497 e. The monoisotopic (exact) mass is 458 g/mol. The van der Waals surface area contributed by atoms with Crippen LogP contribution >= 0.6 is 0 Å². The van der Waals surface area contributed by atoms with Gasteiger partial charge in [-0.15, -0.1) is 0 Å². The molecule has 0 bridgehead atoms. The molecule has 1 aromatic heterocycles. The summed E-state index contributed by atoms with van der Waals surface area (Å²) in [4.78, 5) is 27.4. The number of ketones is 1. The Kier molecular flexibility index (Phi) is 6.09. The van der Waals surface area contributed by atoms with Gasteiger partial charge in [0.25, 0.3) is 0 Å². The highest BCUT2D eigenvalue weighted by Gasteiger charge is 2.32. The summed E-state index contributed by atoms with van der Waals surface area (Å²) >= 11 is 0. The number of piperazine rings is 1. The Morgan fingerprint density at radius 1 is 0.882 bits per heavy atom. The molecule has 2 heterocycles. The summed E-state index contributed by atoms with van der Waals surface area (Å²) in [5, 5.41) is 0. The predicted octanol–water partition coefficient (Wildman–Crippen LogP) is 4.04. The molecule has 7 nitrogen and oxygen atoms in total. The van der Waals surface area contributed by atoms with Crippen LogP contribution in [0.25, 0.3) is 0 Å². The first-order valence-corrected chi connectivity index (χ1v) is 11.7. The first-order chi connectivity index (χ1) is 16.6. The van der Waals surface area contributed by atoms with Gasteiger partial charge in [0.15, 0.2) is 5.78 Å². The molecule has 1 atom stereocenters. The largest absolute Gasteiger partial charge is 0.497 e. The third-order valence-electron chi connectivity index (χ3n) is 6.87. The smallest absolute Gasteiger partial charge is 0.225 e. The lowest BCUT2D eigenvalue weighted by molar-refractivity contribution is 0.0961. The van der Waals surface area contributed by atoms with Crippen molar-refractivity contribution in [2.75, 3.05) is 50.2 Å². The van der Waals surface area contributed by atoms with E-state index in [-0.39, 0.29) is 11.7 Å². The van der Waals surface area contributed by atoms with Gasteiger partial charge in [-0.3, -0.25) is 4.79 Å². The third kappa shape index (κ3) is 4.18. The molecule has 1 aliphatic carbocycles. The maximum absolute atomic E-state index is 13.1. The average molecular weight is 459 g/mol. The Morgan fingerprint density at radius 2 is 1.62 bits per heavy atom. The lowest BCUT2D eigenvalue weighted by Crippen LogP contribution is -2.47. The van der Waals surface area contributed by atoms with Crippen LogP contribution in [0, 0.1) is 6.92 Å². The van der Waals surface area contributed by atoms with Gasteiger partial charge in [-0.1, -0.05) is 24.3 Å². The quantitative estimate of drug-likeness (QED) is 0.572. The highest BCUT2D eigenvalue weighted by molar-refractivity contribution is 5.99. The lowest BCUT2D eigenvalue weighted by atomic mass is 9.81. The molecule has 0 amide bonds. The average Bonchev–Trinajstić information content (AvgIpc) is 2.88. The molecule has 1 saturated heterocycles. The fourth-order valence-corrected chi connectivity index (χ4v) is 5.08. The van der Waals surface area contributed by atoms with Crippen molar-refractivity contribution in [2.24, 2.45) is 0 Å². The molecular formula is C27H30N4O3. The number of nitrogens with zero attached hydrogens (tertiary/aromatic N) is 4. The number of ether oxygens (including phenoxy) is 2. The number of anilines is 2. The van der Waals surface area contributed by atoms with Gasteiger partial charge in [0, 0.05) is 50.3 Å². The molecule has 2 aliphatic rings. The maximum atomic E-state index is 13.1. The number of carbonyl (C=O) groups excluding carboxylic acids is 1. The van der Waals surface area contributed by atoms with Crippen LogP contribution in [0.2, 0.25) is 0 Å². The molecule has 0 spiro atoms. The van der Waals surface area contributed by atoms with E-state index >= 15 is 0 Å². The second-order valence-electron chi connectivity index (χ2n) is 8.88. The number of Topliss-reactive ketones (excluding diaryl/α,β-unsaturated/α-hetero) is 1. The van der Waals surface area contributed by atoms with Crippen molar-refractivity contribution in [3.8, 4) is 11.5 Å². The van der Waals surface area contributed by atoms with E-state index < -0.39 is 0 Å². The minimum absolute atomic E-state index is 0.0120. The lowest BCUT2D eigenvalue weighted by Gasteiger charge is -2.36.